The van der Waals surface area contributed by atoms with Crippen LogP contribution in [0.5, 0.6) is 0 Å². The molecule has 1 amide bonds. The summed E-state index contributed by atoms with van der Waals surface area (Å²) in [5.74, 6) is 0.544. The average molecular weight is 375 g/mol. The molecule has 28 heavy (non-hydrogen) atoms. The van der Waals surface area contributed by atoms with E-state index in [9.17, 15) is 9.59 Å². The van der Waals surface area contributed by atoms with Crippen LogP contribution in [0.4, 0.5) is 0 Å². The molecule has 0 unspecified atom stereocenters. The fraction of sp³-hybridized carbons (Fsp3) is 0.182. The quantitative estimate of drug-likeness (QED) is 0.543. The Kier molecular flexibility index (Phi) is 4.85. The minimum absolute atomic E-state index is 0.112. The van der Waals surface area contributed by atoms with Crippen molar-refractivity contribution in [2.75, 3.05) is 6.54 Å². The number of fused-ring (bicyclic) bond motifs is 1. The van der Waals surface area contributed by atoms with Crippen LogP contribution in [0.2, 0.25) is 0 Å². The van der Waals surface area contributed by atoms with Crippen molar-refractivity contribution in [1.29, 1.82) is 0 Å². The van der Waals surface area contributed by atoms with Crippen molar-refractivity contribution in [3.63, 3.8) is 0 Å². The van der Waals surface area contributed by atoms with E-state index in [1.54, 1.807) is 30.5 Å². The summed E-state index contributed by atoms with van der Waals surface area (Å²) in [5, 5.41) is 4.11. The molecule has 0 fully saturated rings. The molecule has 2 N–H and O–H groups in total. The first-order valence-corrected chi connectivity index (χ1v) is 9.20. The molecule has 6 heteroatoms. The summed E-state index contributed by atoms with van der Waals surface area (Å²) in [7, 11) is 0. The van der Waals surface area contributed by atoms with Gasteiger partial charge >= 0.3 is 0 Å². The fourth-order valence-corrected chi connectivity index (χ4v) is 3.39. The minimum Gasteiger partial charge on any atom is -0.454 e. The summed E-state index contributed by atoms with van der Waals surface area (Å²) in [6.07, 6.45) is 4.41. The molecule has 0 saturated heterocycles. The maximum Gasteiger partial charge on any atom is 0.287 e. The summed E-state index contributed by atoms with van der Waals surface area (Å²) in [4.78, 5) is 27.4. The largest absolute Gasteiger partial charge is 0.454 e. The van der Waals surface area contributed by atoms with E-state index in [1.807, 2.05) is 18.3 Å². The highest BCUT2D eigenvalue weighted by atomic mass is 16.4. The highest BCUT2D eigenvalue weighted by molar-refractivity contribution is 5.91. The summed E-state index contributed by atoms with van der Waals surface area (Å²) in [6.45, 7) is 2.89. The second-order valence-corrected chi connectivity index (χ2v) is 6.75. The molecule has 1 aromatic carbocycles. The molecule has 3 aromatic heterocycles. The Hall–Kier alpha value is -3.54. The molecule has 0 saturated carbocycles. The van der Waals surface area contributed by atoms with Crippen LogP contribution in [0.25, 0.3) is 10.9 Å². The number of aromatic amines is 1. The Morgan fingerprint density at radius 2 is 2.04 bits per heavy atom. The summed E-state index contributed by atoms with van der Waals surface area (Å²) in [6, 6.07) is 14.5. The van der Waals surface area contributed by atoms with Crippen LogP contribution in [0.15, 0.2) is 70.1 Å². The number of amides is 1. The van der Waals surface area contributed by atoms with Crippen LogP contribution < -0.4 is 10.9 Å². The first-order chi connectivity index (χ1) is 13.6. The van der Waals surface area contributed by atoms with E-state index in [2.05, 4.69) is 23.3 Å². The fourth-order valence-electron chi connectivity index (χ4n) is 3.39. The van der Waals surface area contributed by atoms with E-state index in [-0.39, 0.29) is 17.2 Å². The maximum atomic E-state index is 12.4. The van der Waals surface area contributed by atoms with Gasteiger partial charge in [-0.1, -0.05) is 18.2 Å². The molecule has 3 heterocycles. The number of aromatic nitrogens is 2. The third-order valence-electron chi connectivity index (χ3n) is 4.79. The van der Waals surface area contributed by atoms with E-state index in [4.69, 9.17) is 4.42 Å². The first-order valence-electron chi connectivity index (χ1n) is 9.20. The van der Waals surface area contributed by atoms with Gasteiger partial charge in [-0.25, -0.2) is 0 Å². The van der Waals surface area contributed by atoms with Crippen LogP contribution in [0.3, 0.4) is 0 Å². The van der Waals surface area contributed by atoms with Gasteiger partial charge in [0.2, 0.25) is 0 Å². The molecule has 4 aromatic rings. The zero-order valence-corrected chi connectivity index (χ0v) is 15.6. The Morgan fingerprint density at radius 3 is 2.89 bits per heavy atom. The van der Waals surface area contributed by atoms with E-state index in [0.717, 1.165) is 11.9 Å². The number of nitrogens with one attached hydrogen (secondary N) is 2. The molecule has 0 aliphatic rings. The molecular formula is C22H21N3O3. The number of hydrogen-bond donors (Lipinski definition) is 2. The topological polar surface area (TPSA) is 80.0 Å². The van der Waals surface area contributed by atoms with Crippen molar-refractivity contribution in [2.45, 2.75) is 19.9 Å². The Labute approximate surface area is 161 Å². The molecule has 4 rings (SSSR count). The standard InChI is InChI=1S/C22H21N3O3/c1-15-5-4-6-18-21(15)16(13-24-18)10-11-23-22(27)19-9-8-17(28-19)14-25-12-3-2-7-20(25)26/h2-9,12-13,24H,10-11,14H2,1H3,(H,23,27). The lowest BCUT2D eigenvalue weighted by molar-refractivity contribution is 0.0924. The van der Waals surface area contributed by atoms with Crippen LogP contribution in [-0.2, 0) is 13.0 Å². The first kappa shape index (κ1) is 17.9. The van der Waals surface area contributed by atoms with E-state index >= 15 is 0 Å². The van der Waals surface area contributed by atoms with Gasteiger partial charge in [-0.15, -0.1) is 0 Å². The normalized spacial score (nSPS) is 11.0. The molecule has 0 aliphatic heterocycles. The number of aryl methyl sites for hydroxylation is 1. The van der Waals surface area contributed by atoms with Gasteiger partial charge in [-0.3, -0.25) is 9.59 Å². The molecule has 6 nitrogen and oxygen atoms in total. The number of furan rings is 1. The van der Waals surface area contributed by atoms with Crippen molar-refractivity contribution >= 4 is 16.8 Å². The Balaban J connectivity index is 1.37. The second kappa shape index (κ2) is 7.60. The molecule has 0 aliphatic carbocycles. The van der Waals surface area contributed by atoms with Crippen molar-refractivity contribution in [3.8, 4) is 0 Å². The molecule has 0 bridgehead atoms. The SMILES string of the molecule is Cc1cccc2[nH]cc(CCNC(=O)c3ccc(Cn4ccccc4=O)o3)c12. The summed E-state index contributed by atoms with van der Waals surface area (Å²) in [5.41, 5.74) is 3.39. The van der Waals surface area contributed by atoms with Crippen molar-refractivity contribution < 1.29 is 9.21 Å². The highest BCUT2D eigenvalue weighted by Crippen LogP contribution is 2.22. The van der Waals surface area contributed by atoms with Gasteiger partial charge in [0.1, 0.15) is 5.76 Å². The van der Waals surface area contributed by atoms with Gasteiger partial charge in [0.15, 0.2) is 5.76 Å². The van der Waals surface area contributed by atoms with Crippen molar-refractivity contribution in [1.82, 2.24) is 14.9 Å². The molecular weight excluding hydrogens is 354 g/mol. The predicted octanol–water partition coefficient (Wildman–Crippen LogP) is 3.25. The minimum atomic E-state index is -0.261. The number of pyridine rings is 1. The van der Waals surface area contributed by atoms with Gasteiger partial charge in [0.25, 0.3) is 11.5 Å². The number of carbonyl (C=O) groups excluding carboxylic acids is 1. The lowest BCUT2D eigenvalue weighted by Gasteiger charge is -2.05. The van der Waals surface area contributed by atoms with E-state index < -0.39 is 0 Å². The highest BCUT2D eigenvalue weighted by Gasteiger charge is 2.12. The Morgan fingerprint density at radius 1 is 1.14 bits per heavy atom. The predicted molar refractivity (Wildman–Crippen MR) is 108 cm³/mol. The third kappa shape index (κ3) is 3.62. The average Bonchev–Trinajstić information content (AvgIpc) is 3.32. The summed E-state index contributed by atoms with van der Waals surface area (Å²) < 4.78 is 7.13. The van der Waals surface area contributed by atoms with Crippen molar-refractivity contribution in [3.05, 3.63) is 93.9 Å². The monoisotopic (exact) mass is 375 g/mol. The van der Waals surface area contributed by atoms with Crippen LogP contribution in [-0.4, -0.2) is 22.0 Å². The van der Waals surface area contributed by atoms with Crippen molar-refractivity contribution in [2.24, 2.45) is 0 Å². The lowest BCUT2D eigenvalue weighted by atomic mass is 10.1. The number of carbonyl (C=O) groups is 1. The van der Waals surface area contributed by atoms with Crippen LogP contribution in [0.1, 0.15) is 27.4 Å². The van der Waals surface area contributed by atoms with Gasteiger partial charge < -0.3 is 19.3 Å². The number of H-pyrrole nitrogens is 1. The lowest BCUT2D eigenvalue weighted by Crippen LogP contribution is -2.25. The van der Waals surface area contributed by atoms with Gasteiger partial charge in [0.05, 0.1) is 6.54 Å². The number of benzene rings is 1. The molecule has 0 spiro atoms. The smallest absolute Gasteiger partial charge is 0.287 e. The number of hydrogen-bond acceptors (Lipinski definition) is 3. The van der Waals surface area contributed by atoms with E-state index in [1.165, 1.54) is 27.1 Å². The van der Waals surface area contributed by atoms with E-state index in [0.29, 0.717) is 18.8 Å². The maximum absolute atomic E-state index is 12.4. The molecule has 0 atom stereocenters. The van der Waals surface area contributed by atoms with Crippen LogP contribution in [0, 0.1) is 6.92 Å². The summed E-state index contributed by atoms with van der Waals surface area (Å²) >= 11 is 0. The van der Waals surface area contributed by atoms with Crippen LogP contribution >= 0.6 is 0 Å². The number of rotatable bonds is 6. The number of nitrogens with zero attached hydrogens (tertiary/aromatic N) is 1. The molecule has 0 radical (unpaired) electrons. The van der Waals surface area contributed by atoms with Gasteiger partial charge in [-0.05, 0) is 48.7 Å². The Bertz CT molecular complexity index is 1180. The zero-order valence-electron chi connectivity index (χ0n) is 15.6. The second-order valence-electron chi connectivity index (χ2n) is 6.75. The zero-order chi connectivity index (χ0) is 19.5. The van der Waals surface area contributed by atoms with Gasteiger partial charge in [-0.2, -0.15) is 0 Å². The van der Waals surface area contributed by atoms with Gasteiger partial charge in [0, 0.05) is 35.9 Å². The molecule has 142 valence electrons. The third-order valence-corrected chi connectivity index (χ3v) is 4.79.